The van der Waals surface area contributed by atoms with Crippen molar-refractivity contribution in [2.24, 2.45) is 0 Å². The average molecular weight is 346 g/mol. The number of methoxy groups -OCH3 is 1. The van der Waals surface area contributed by atoms with Crippen LogP contribution in [0.2, 0.25) is 0 Å². The van der Waals surface area contributed by atoms with Gasteiger partial charge in [0.25, 0.3) is 5.91 Å². The fourth-order valence-corrected chi connectivity index (χ4v) is 1.88. The molecule has 1 rings (SSSR count). The molecule has 0 heterocycles. The van der Waals surface area contributed by atoms with Crippen LogP contribution in [-0.4, -0.2) is 43.3 Å². The van der Waals surface area contributed by atoms with Crippen molar-refractivity contribution in [3.63, 3.8) is 0 Å². The van der Waals surface area contributed by atoms with E-state index in [1.807, 2.05) is 0 Å². The van der Waals surface area contributed by atoms with Gasteiger partial charge in [0, 0.05) is 17.6 Å². The zero-order valence-corrected chi connectivity index (χ0v) is 12.8. The second-order valence-corrected chi connectivity index (χ2v) is 5.07. The predicted octanol–water partition coefficient (Wildman–Crippen LogP) is 1.68. The Balaban J connectivity index is 2.63. The van der Waals surface area contributed by atoms with Gasteiger partial charge in [-0.2, -0.15) is 0 Å². The number of rotatable bonds is 7. The first-order chi connectivity index (χ1) is 9.43. The number of ether oxygens (including phenoxy) is 2. The summed E-state index contributed by atoms with van der Waals surface area (Å²) in [6.45, 7) is 1.93. The lowest BCUT2D eigenvalue weighted by molar-refractivity contribution is -0.124. The third-order valence-electron chi connectivity index (χ3n) is 2.36. The number of amides is 1. The van der Waals surface area contributed by atoms with Gasteiger partial charge >= 0.3 is 5.97 Å². The fraction of sp³-hybridized carbons (Fsp3) is 0.385. The highest BCUT2D eigenvalue weighted by atomic mass is 79.9. The molecule has 0 fully saturated rings. The standard InChI is InChI=1S/C13H16BrNO5/c1-8(6-19-2)15-12(16)7-20-11-5-9(14)3-4-10(11)13(17)18/h3-5,8H,6-7H2,1-2H3,(H,15,16)(H,17,18). The molecular weight excluding hydrogens is 330 g/mol. The number of nitrogens with one attached hydrogen (secondary N) is 1. The second kappa shape index (κ2) is 7.86. The molecule has 0 spiro atoms. The number of hydrogen-bond donors (Lipinski definition) is 2. The smallest absolute Gasteiger partial charge is 0.339 e. The Morgan fingerprint density at radius 2 is 2.15 bits per heavy atom. The molecule has 2 N–H and O–H groups in total. The summed E-state index contributed by atoms with van der Waals surface area (Å²) < 4.78 is 10.8. The first kappa shape index (κ1) is 16.5. The van der Waals surface area contributed by atoms with E-state index in [2.05, 4.69) is 21.2 Å². The highest BCUT2D eigenvalue weighted by Crippen LogP contribution is 2.23. The number of carbonyl (C=O) groups excluding carboxylic acids is 1. The number of carboxylic acid groups (broad SMARTS) is 1. The van der Waals surface area contributed by atoms with Crippen molar-refractivity contribution in [3.05, 3.63) is 28.2 Å². The van der Waals surface area contributed by atoms with Crippen LogP contribution in [0.3, 0.4) is 0 Å². The molecular formula is C13H16BrNO5. The summed E-state index contributed by atoms with van der Waals surface area (Å²) >= 11 is 3.22. The van der Waals surface area contributed by atoms with Crippen LogP contribution < -0.4 is 10.1 Å². The molecule has 1 unspecified atom stereocenters. The third kappa shape index (κ3) is 5.18. The zero-order valence-electron chi connectivity index (χ0n) is 11.2. The molecule has 110 valence electrons. The largest absolute Gasteiger partial charge is 0.483 e. The van der Waals surface area contributed by atoms with Crippen molar-refractivity contribution >= 4 is 27.8 Å². The van der Waals surface area contributed by atoms with Crippen LogP contribution in [0.5, 0.6) is 5.75 Å². The second-order valence-electron chi connectivity index (χ2n) is 4.16. The first-order valence-electron chi connectivity index (χ1n) is 5.88. The van der Waals surface area contributed by atoms with Crippen LogP contribution >= 0.6 is 15.9 Å². The van der Waals surface area contributed by atoms with E-state index >= 15 is 0 Å². The molecule has 0 aliphatic rings. The Kier molecular flexibility index (Phi) is 6.47. The molecule has 1 aromatic carbocycles. The van der Waals surface area contributed by atoms with E-state index < -0.39 is 5.97 Å². The maximum Gasteiger partial charge on any atom is 0.339 e. The normalized spacial score (nSPS) is 11.8. The van der Waals surface area contributed by atoms with Gasteiger partial charge in [0.05, 0.1) is 6.61 Å². The Labute approximate surface area is 125 Å². The van der Waals surface area contributed by atoms with Crippen molar-refractivity contribution in [1.29, 1.82) is 0 Å². The van der Waals surface area contributed by atoms with Gasteiger partial charge in [0.1, 0.15) is 11.3 Å². The molecule has 0 bridgehead atoms. The molecule has 0 saturated carbocycles. The van der Waals surface area contributed by atoms with E-state index in [1.54, 1.807) is 20.1 Å². The Morgan fingerprint density at radius 1 is 1.45 bits per heavy atom. The van der Waals surface area contributed by atoms with Gasteiger partial charge in [-0.05, 0) is 25.1 Å². The molecule has 0 aromatic heterocycles. The van der Waals surface area contributed by atoms with E-state index in [-0.39, 0.29) is 29.9 Å². The predicted molar refractivity (Wildman–Crippen MR) is 76.1 cm³/mol. The van der Waals surface area contributed by atoms with Crippen LogP contribution in [0.4, 0.5) is 0 Å². The monoisotopic (exact) mass is 345 g/mol. The molecule has 0 aliphatic carbocycles. The molecule has 0 radical (unpaired) electrons. The Bertz CT molecular complexity index is 492. The van der Waals surface area contributed by atoms with Crippen molar-refractivity contribution in [3.8, 4) is 5.75 Å². The van der Waals surface area contributed by atoms with Gasteiger partial charge in [0.2, 0.25) is 0 Å². The van der Waals surface area contributed by atoms with Crippen LogP contribution in [0.1, 0.15) is 17.3 Å². The summed E-state index contributed by atoms with van der Waals surface area (Å²) in [5.41, 5.74) is 0.00550. The van der Waals surface area contributed by atoms with Crippen LogP contribution in [-0.2, 0) is 9.53 Å². The van der Waals surface area contributed by atoms with Crippen molar-refractivity contribution in [2.75, 3.05) is 20.3 Å². The van der Waals surface area contributed by atoms with Crippen LogP contribution in [0, 0.1) is 0 Å². The quantitative estimate of drug-likeness (QED) is 0.785. The summed E-state index contributed by atoms with van der Waals surface area (Å²) in [6, 6.07) is 4.37. The van der Waals surface area contributed by atoms with E-state index in [0.717, 1.165) is 0 Å². The van der Waals surface area contributed by atoms with Gasteiger partial charge < -0.3 is 19.9 Å². The lowest BCUT2D eigenvalue weighted by atomic mass is 10.2. The molecule has 7 heteroatoms. The van der Waals surface area contributed by atoms with Crippen LogP contribution in [0.25, 0.3) is 0 Å². The maximum absolute atomic E-state index is 11.6. The number of halogens is 1. The number of hydrogen-bond acceptors (Lipinski definition) is 4. The molecule has 1 amide bonds. The van der Waals surface area contributed by atoms with E-state index in [4.69, 9.17) is 14.6 Å². The molecule has 20 heavy (non-hydrogen) atoms. The summed E-state index contributed by atoms with van der Waals surface area (Å²) in [5, 5.41) is 11.7. The minimum atomic E-state index is -1.11. The SMILES string of the molecule is COCC(C)NC(=O)COc1cc(Br)ccc1C(=O)O. The molecule has 0 saturated heterocycles. The van der Waals surface area contributed by atoms with Gasteiger partial charge in [-0.25, -0.2) is 4.79 Å². The van der Waals surface area contributed by atoms with Crippen LogP contribution in [0.15, 0.2) is 22.7 Å². The fourth-order valence-electron chi connectivity index (χ4n) is 1.54. The van der Waals surface area contributed by atoms with Gasteiger partial charge in [-0.3, -0.25) is 4.79 Å². The summed E-state index contributed by atoms with van der Waals surface area (Å²) in [5.74, 6) is -1.31. The number of carboxylic acids is 1. The minimum Gasteiger partial charge on any atom is -0.483 e. The third-order valence-corrected chi connectivity index (χ3v) is 2.85. The van der Waals surface area contributed by atoms with Gasteiger partial charge in [-0.15, -0.1) is 0 Å². The van der Waals surface area contributed by atoms with E-state index in [1.165, 1.54) is 12.1 Å². The number of carbonyl (C=O) groups is 2. The van der Waals surface area contributed by atoms with Crippen molar-refractivity contribution in [1.82, 2.24) is 5.32 Å². The lowest BCUT2D eigenvalue weighted by Crippen LogP contribution is -2.38. The van der Waals surface area contributed by atoms with E-state index in [9.17, 15) is 9.59 Å². The van der Waals surface area contributed by atoms with Gasteiger partial charge in [-0.1, -0.05) is 15.9 Å². The van der Waals surface area contributed by atoms with Crippen molar-refractivity contribution < 1.29 is 24.2 Å². The molecule has 1 atom stereocenters. The highest BCUT2D eigenvalue weighted by molar-refractivity contribution is 9.10. The summed E-state index contributed by atoms with van der Waals surface area (Å²) in [7, 11) is 1.54. The number of aromatic carboxylic acids is 1. The molecule has 0 aliphatic heterocycles. The highest BCUT2D eigenvalue weighted by Gasteiger charge is 2.14. The average Bonchev–Trinajstić information content (AvgIpc) is 2.36. The molecule has 6 nitrogen and oxygen atoms in total. The zero-order chi connectivity index (χ0) is 15.1. The summed E-state index contributed by atoms with van der Waals surface area (Å²) in [6.07, 6.45) is 0. The lowest BCUT2D eigenvalue weighted by Gasteiger charge is -2.14. The first-order valence-corrected chi connectivity index (χ1v) is 6.67. The van der Waals surface area contributed by atoms with E-state index in [0.29, 0.717) is 11.1 Å². The summed E-state index contributed by atoms with van der Waals surface area (Å²) in [4.78, 5) is 22.6. The minimum absolute atomic E-state index is 0.00550. The molecule has 1 aromatic rings. The van der Waals surface area contributed by atoms with Crippen molar-refractivity contribution in [2.45, 2.75) is 13.0 Å². The topological polar surface area (TPSA) is 84.9 Å². The van der Waals surface area contributed by atoms with Gasteiger partial charge in [0.15, 0.2) is 6.61 Å². The maximum atomic E-state index is 11.6. The number of benzene rings is 1. The Morgan fingerprint density at radius 3 is 2.75 bits per heavy atom. The Hall–Kier alpha value is -1.60.